The molecule has 1 aliphatic rings. The number of hydrogen-bond donors (Lipinski definition) is 0. The van der Waals surface area contributed by atoms with E-state index in [4.69, 9.17) is 0 Å². The average molecular weight is 210 g/mol. The van der Waals surface area contributed by atoms with Gasteiger partial charge in [0.15, 0.2) is 0 Å². The quantitative estimate of drug-likeness (QED) is 0.529. The van der Waals surface area contributed by atoms with E-state index in [-0.39, 0.29) is 11.8 Å². The molecular weight excluding hydrogens is 192 g/mol. The summed E-state index contributed by atoms with van der Waals surface area (Å²) in [6, 6.07) is 0. The zero-order valence-electron chi connectivity index (χ0n) is 9.79. The minimum Gasteiger partial charge on any atom is -0.386 e. The van der Waals surface area contributed by atoms with Gasteiger partial charge in [0, 0.05) is 0 Å². The molecule has 2 atom stereocenters. The molecule has 0 amide bonds. The fourth-order valence-electron chi connectivity index (χ4n) is 1.76. The predicted molar refractivity (Wildman–Crippen MR) is 57.0 cm³/mol. The lowest BCUT2D eigenvalue weighted by atomic mass is 9.88. The van der Waals surface area contributed by atoms with Crippen LogP contribution >= 0.6 is 0 Å². The standard InChI is InChI=1S/C12H18O3/c1-5-7(3)9-10(8(4)6-2)12(14)15-11(9)13/h7-8H,5-6H2,1-4H3. The molecule has 3 heteroatoms. The highest BCUT2D eigenvalue weighted by atomic mass is 16.6. The van der Waals surface area contributed by atoms with Gasteiger partial charge in [0.2, 0.25) is 0 Å². The van der Waals surface area contributed by atoms with Gasteiger partial charge in [0.25, 0.3) is 0 Å². The second-order valence-corrected chi connectivity index (χ2v) is 4.12. The van der Waals surface area contributed by atoms with Crippen molar-refractivity contribution >= 4 is 11.9 Å². The highest BCUT2D eigenvalue weighted by Gasteiger charge is 2.37. The highest BCUT2D eigenvalue weighted by molar-refractivity contribution is 6.12. The van der Waals surface area contributed by atoms with Crippen LogP contribution in [0.25, 0.3) is 0 Å². The van der Waals surface area contributed by atoms with Crippen LogP contribution in [-0.4, -0.2) is 11.9 Å². The van der Waals surface area contributed by atoms with Gasteiger partial charge in [-0.05, 0) is 24.7 Å². The molecule has 2 unspecified atom stereocenters. The van der Waals surface area contributed by atoms with Gasteiger partial charge in [-0.2, -0.15) is 0 Å². The average Bonchev–Trinajstić information content (AvgIpc) is 2.51. The summed E-state index contributed by atoms with van der Waals surface area (Å²) in [5.74, 6) is -0.671. The first-order valence-electron chi connectivity index (χ1n) is 5.53. The molecule has 3 nitrogen and oxygen atoms in total. The number of cyclic esters (lactones) is 2. The molecule has 0 spiro atoms. The molecule has 1 rings (SSSR count). The Labute approximate surface area is 90.5 Å². The minimum absolute atomic E-state index is 0.105. The van der Waals surface area contributed by atoms with Gasteiger partial charge in [-0.3, -0.25) is 0 Å². The molecule has 0 bridgehead atoms. The lowest BCUT2D eigenvalue weighted by molar-refractivity contribution is -0.151. The molecule has 0 aromatic heterocycles. The number of rotatable bonds is 4. The summed E-state index contributed by atoms with van der Waals surface area (Å²) in [5.41, 5.74) is 1.19. The van der Waals surface area contributed by atoms with Gasteiger partial charge in [0.1, 0.15) is 0 Å². The highest BCUT2D eigenvalue weighted by Crippen LogP contribution is 2.32. The Kier molecular flexibility index (Phi) is 3.66. The summed E-state index contributed by atoms with van der Waals surface area (Å²) < 4.78 is 4.68. The molecule has 0 saturated carbocycles. The van der Waals surface area contributed by atoms with E-state index in [1.165, 1.54) is 0 Å². The summed E-state index contributed by atoms with van der Waals surface area (Å²) in [5, 5.41) is 0. The van der Waals surface area contributed by atoms with Gasteiger partial charge in [0.05, 0.1) is 11.1 Å². The number of carbonyl (C=O) groups excluding carboxylic acids is 2. The second-order valence-electron chi connectivity index (χ2n) is 4.12. The van der Waals surface area contributed by atoms with Crippen molar-refractivity contribution in [2.75, 3.05) is 0 Å². The predicted octanol–water partition coefficient (Wildman–Crippen LogP) is 2.46. The third-order valence-corrected chi connectivity index (χ3v) is 3.13. The second kappa shape index (κ2) is 4.60. The van der Waals surface area contributed by atoms with E-state index in [1.54, 1.807) is 0 Å². The van der Waals surface area contributed by atoms with E-state index in [0.717, 1.165) is 12.8 Å². The zero-order valence-corrected chi connectivity index (χ0v) is 9.79. The first-order valence-corrected chi connectivity index (χ1v) is 5.53. The maximum absolute atomic E-state index is 11.5. The Morgan fingerprint density at radius 1 is 0.933 bits per heavy atom. The van der Waals surface area contributed by atoms with Crippen LogP contribution < -0.4 is 0 Å². The lowest BCUT2D eigenvalue weighted by Gasteiger charge is -2.12. The van der Waals surface area contributed by atoms with Gasteiger partial charge >= 0.3 is 11.9 Å². The van der Waals surface area contributed by atoms with Crippen molar-refractivity contribution in [3.8, 4) is 0 Å². The van der Waals surface area contributed by atoms with Crippen molar-refractivity contribution in [2.45, 2.75) is 40.5 Å². The van der Waals surface area contributed by atoms with E-state index in [1.807, 2.05) is 27.7 Å². The van der Waals surface area contributed by atoms with E-state index >= 15 is 0 Å². The molecule has 0 radical (unpaired) electrons. The fourth-order valence-corrected chi connectivity index (χ4v) is 1.76. The normalized spacial score (nSPS) is 20.5. The molecule has 0 N–H and O–H groups in total. The summed E-state index contributed by atoms with van der Waals surface area (Å²) >= 11 is 0. The first-order chi connectivity index (χ1) is 7.02. The zero-order chi connectivity index (χ0) is 11.6. The Morgan fingerprint density at radius 2 is 1.27 bits per heavy atom. The van der Waals surface area contributed by atoms with Crippen molar-refractivity contribution < 1.29 is 14.3 Å². The Morgan fingerprint density at radius 3 is 1.53 bits per heavy atom. The van der Waals surface area contributed by atoms with Crippen molar-refractivity contribution in [1.29, 1.82) is 0 Å². The SMILES string of the molecule is CCC(C)C1=C(C(C)CC)C(=O)OC1=O. The molecule has 15 heavy (non-hydrogen) atoms. The minimum atomic E-state index is -0.440. The maximum atomic E-state index is 11.5. The van der Waals surface area contributed by atoms with Gasteiger partial charge in [-0.25, -0.2) is 9.59 Å². The molecule has 0 fully saturated rings. The third kappa shape index (κ3) is 2.11. The summed E-state index contributed by atoms with van der Waals surface area (Å²) in [7, 11) is 0. The molecule has 1 aliphatic heterocycles. The van der Waals surface area contributed by atoms with Crippen LogP contribution in [0.3, 0.4) is 0 Å². The van der Waals surface area contributed by atoms with Gasteiger partial charge < -0.3 is 4.74 Å². The molecule has 0 saturated heterocycles. The largest absolute Gasteiger partial charge is 0.386 e. The smallest absolute Gasteiger partial charge is 0.342 e. The number of carbonyl (C=O) groups is 2. The van der Waals surface area contributed by atoms with Crippen molar-refractivity contribution in [3.63, 3.8) is 0 Å². The third-order valence-electron chi connectivity index (χ3n) is 3.13. The van der Waals surface area contributed by atoms with Crippen molar-refractivity contribution in [2.24, 2.45) is 11.8 Å². The van der Waals surface area contributed by atoms with E-state index in [9.17, 15) is 9.59 Å². The van der Waals surface area contributed by atoms with Crippen LogP contribution in [0.1, 0.15) is 40.5 Å². The lowest BCUT2D eigenvalue weighted by Crippen LogP contribution is -2.10. The van der Waals surface area contributed by atoms with Crippen molar-refractivity contribution in [1.82, 2.24) is 0 Å². The van der Waals surface area contributed by atoms with E-state index < -0.39 is 11.9 Å². The summed E-state index contributed by atoms with van der Waals surface area (Å²) in [4.78, 5) is 23.0. The molecule has 0 aromatic carbocycles. The van der Waals surface area contributed by atoms with Crippen molar-refractivity contribution in [3.05, 3.63) is 11.1 Å². The topological polar surface area (TPSA) is 43.4 Å². The summed E-state index contributed by atoms with van der Waals surface area (Å²) in [6.45, 7) is 7.92. The number of ether oxygens (including phenoxy) is 1. The Bertz CT molecular complexity index is 285. The summed E-state index contributed by atoms with van der Waals surface area (Å²) in [6.07, 6.45) is 1.69. The number of esters is 2. The van der Waals surface area contributed by atoms with Crippen LogP contribution in [-0.2, 0) is 14.3 Å². The molecule has 0 aromatic rings. The van der Waals surface area contributed by atoms with E-state index in [0.29, 0.717) is 11.1 Å². The molecule has 1 heterocycles. The first kappa shape index (κ1) is 12.0. The molecule has 84 valence electrons. The molecular formula is C12H18O3. The van der Waals surface area contributed by atoms with Crippen LogP contribution in [0.15, 0.2) is 11.1 Å². The van der Waals surface area contributed by atoms with Crippen LogP contribution in [0.5, 0.6) is 0 Å². The maximum Gasteiger partial charge on any atom is 0.342 e. The molecule has 0 aliphatic carbocycles. The van der Waals surface area contributed by atoms with Gasteiger partial charge in [-0.15, -0.1) is 0 Å². The monoisotopic (exact) mass is 210 g/mol. The Balaban J connectivity index is 3.15. The van der Waals surface area contributed by atoms with E-state index in [2.05, 4.69) is 4.74 Å². The van der Waals surface area contributed by atoms with Gasteiger partial charge in [-0.1, -0.05) is 27.7 Å². The number of hydrogen-bond acceptors (Lipinski definition) is 3. The van der Waals surface area contributed by atoms with Crippen LogP contribution in [0.4, 0.5) is 0 Å². The fraction of sp³-hybridized carbons (Fsp3) is 0.667. The van der Waals surface area contributed by atoms with Crippen LogP contribution in [0.2, 0.25) is 0 Å². The van der Waals surface area contributed by atoms with Crippen LogP contribution in [0, 0.1) is 11.8 Å². The Hall–Kier alpha value is -1.12.